The van der Waals surface area contributed by atoms with Gasteiger partial charge in [0.15, 0.2) is 0 Å². The average molecular weight is 289 g/mol. The van der Waals surface area contributed by atoms with Crippen molar-refractivity contribution in [2.75, 3.05) is 40.3 Å². The molecule has 2 rings (SSSR count). The molecule has 0 aliphatic carbocycles. The Balaban J connectivity index is 1.98. The van der Waals surface area contributed by atoms with Crippen molar-refractivity contribution in [2.24, 2.45) is 0 Å². The van der Waals surface area contributed by atoms with E-state index in [0.717, 1.165) is 13.0 Å². The zero-order chi connectivity index (χ0) is 15.2. The third kappa shape index (κ3) is 5.10. The summed E-state index contributed by atoms with van der Waals surface area (Å²) in [5.41, 5.74) is 2.81. The molecule has 0 spiro atoms. The Labute approximate surface area is 130 Å². The molecule has 3 nitrogen and oxygen atoms in total. The first-order valence-corrected chi connectivity index (χ1v) is 8.26. The van der Waals surface area contributed by atoms with E-state index in [-0.39, 0.29) is 0 Å². The Hall–Kier alpha value is -0.900. The molecule has 3 heteroatoms. The summed E-state index contributed by atoms with van der Waals surface area (Å²) >= 11 is 0. The van der Waals surface area contributed by atoms with Crippen LogP contribution < -0.4 is 5.32 Å². The molecule has 0 amide bonds. The van der Waals surface area contributed by atoms with E-state index in [2.05, 4.69) is 67.3 Å². The van der Waals surface area contributed by atoms with Gasteiger partial charge in [0, 0.05) is 31.7 Å². The molecule has 2 atom stereocenters. The van der Waals surface area contributed by atoms with E-state index in [9.17, 15) is 0 Å². The molecule has 1 aromatic rings. The van der Waals surface area contributed by atoms with Crippen LogP contribution in [0.2, 0.25) is 0 Å². The normalized spacial score (nSPS) is 22.4. The van der Waals surface area contributed by atoms with Crippen LogP contribution in [0.1, 0.15) is 24.5 Å². The van der Waals surface area contributed by atoms with Crippen LogP contribution in [0.3, 0.4) is 0 Å². The lowest BCUT2D eigenvalue weighted by Crippen LogP contribution is -2.52. The third-order valence-electron chi connectivity index (χ3n) is 4.59. The largest absolute Gasteiger partial charge is 0.314 e. The van der Waals surface area contributed by atoms with Crippen LogP contribution in [-0.4, -0.2) is 62.2 Å². The average Bonchev–Trinajstić information content (AvgIpc) is 2.43. The van der Waals surface area contributed by atoms with E-state index < -0.39 is 0 Å². The van der Waals surface area contributed by atoms with Gasteiger partial charge in [-0.2, -0.15) is 0 Å². The molecule has 2 unspecified atom stereocenters. The lowest BCUT2D eigenvalue weighted by Gasteiger charge is -2.39. The Morgan fingerprint density at radius 1 is 1.29 bits per heavy atom. The van der Waals surface area contributed by atoms with Gasteiger partial charge in [-0.05, 0) is 46.0 Å². The van der Waals surface area contributed by atoms with E-state index >= 15 is 0 Å². The Kier molecular flexibility index (Phi) is 6.22. The molecule has 0 aromatic heterocycles. The summed E-state index contributed by atoms with van der Waals surface area (Å²) in [7, 11) is 4.51. The van der Waals surface area contributed by atoms with E-state index in [0.29, 0.717) is 12.1 Å². The fourth-order valence-electron chi connectivity index (χ4n) is 3.34. The highest BCUT2D eigenvalue weighted by Crippen LogP contribution is 2.15. The first-order valence-electron chi connectivity index (χ1n) is 8.26. The standard InChI is InChI=1S/C18H31N3/c1-5-19-17(12-16-8-6-7-15(2)11-16)13-18-14-20(3)9-10-21(18)4/h6-8,11,17-19H,5,9-10,12-14H2,1-4H3. The summed E-state index contributed by atoms with van der Waals surface area (Å²) in [5.74, 6) is 0. The molecule has 118 valence electrons. The lowest BCUT2D eigenvalue weighted by molar-refractivity contribution is 0.101. The molecule has 0 saturated carbocycles. The number of likely N-dealkylation sites (N-methyl/N-ethyl adjacent to an activating group) is 3. The van der Waals surface area contributed by atoms with Crippen molar-refractivity contribution in [3.05, 3.63) is 35.4 Å². The molecule has 1 saturated heterocycles. The van der Waals surface area contributed by atoms with E-state index in [1.165, 1.54) is 37.2 Å². The van der Waals surface area contributed by atoms with Gasteiger partial charge in [-0.1, -0.05) is 36.8 Å². The highest BCUT2D eigenvalue weighted by atomic mass is 15.3. The van der Waals surface area contributed by atoms with Gasteiger partial charge in [0.05, 0.1) is 0 Å². The number of benzene rings is 1. The number of piperazine rings is 1. The fraction of sp³-hybridized carbons (Fsp3) is 0.667. The van der Waals surface area contributed by atoms with Gasteiger partial charge in [0.1, 0.15) is 0 Å². The van der Waals surface area contributed by atoms with Crippen LogP contribution >= 0.6 is 0 Å². The molecule has 21 heavy (non-hydrogen) atoms. The zero-order valence-corrected chi connectivity index (χ0v) is 14.1. The number of aryl methyl sites for hydroxylation is 1. The monoisotopic (exact) mass is 289 g/mol. The van der Waals surface area contributed by atoms with Crippen molar-refractivity contribution in [3.63, 3.8) is 0 Å². The second-order valence-corrected chi connectivity index (χ2v) is 6.58. The summed E-state index contributed by atoms with van der Waals surface area (Å²) < 4.78 is 0. The molecule has 1 aliphatic heterocycles. The molecule has 0 radical (unpaired) electrons. The first kappa shape index (κ1) is 16.5. The maximum atomic E-state index is 3.69. The minimum absolute atomic E-state index is 0.566. The number of nitrogens with zero attached hydrogens (tertiary/aromatic N) is 2. The van der Waals surface area contributed by atoms with Gasteiger partial charge in [0.25, 0.3) is 0 Å². The fourth-order valence-corrected chi connectivity index (χ4v) is 3.34. The van der Waals surface area contributed by atoms with Crippen molar-refractivity contribution in [2.45, 2.75) is 38.8 Å². The number of hydrogen-bond acceptors (Lipinski definition) is 3. The zero-order valence-electron chi connectivity index (χ0n) is 14.1. The van der Waals surface area contributed by atoms with Gasteiger partial charge < -0.3 is 15.1 Å². The number of rotatable bonds is 6. The summed E-state index contributed by atoms with van der Waals surface area (Å²) in [4.78, 5) is 4.99. The van der Waals surface area contributed by atoms with Crippen molar-refractivity contribution < 1.29 is 0 Å². The molecule has 1 aromatic carbocycles. The maximum absolute atomic E-state index is 3.69. The molecular weight excluding hydrogens is 258 g/mol. The van der Waals surface area contributed by atoms with E-state index in [1.807, 2.05) is 0 Å². The topological polar surface area (TPSA) is 18.5 Å². The molecule has 1 fully saturated rings. The van der Waals surface area contributed by atoms with Crippen molar-refractivity contribution in [3.8, 4) is 0 Å². The first-order chi connectivity index (χ1) is 10.1. The van der Waals surface area contributed by atoms with Gasteiger partial charge in [0.2, 0.25) is 0 Å². The second kappa shape index (κ2) is 7.92. The van der Waals surface area contributed by atoms with Crippen LogP contribution in [0.15, 0.2) is 24.3 Å². The predicted molar refractivity (Wildman–Crippen MR) is 90.9 cm³/mol. The number of hydrogen-bond donors (Lipinski definition) is 1. The summed E-state index contributed by atoms with van der Waals surface area (Å²) in [5, 5.41) is 3.69. The summed E-state index contributed by atoms with van der Waals surface area (Å²) in [6, 6.07) is 10.2. The van der Waals surface area contributed by atoms with Crippen LogP contribution in [-0.2, 0) is 6.42 Å². The Morgan fingerprint density at radius 2 is 2.10 bits per heavy atom. The second-order valence-electron chi connectivity index (χ2n) is 6.58. The van der Waals surface area contributed by atoms with Gasteiger partial charge in [-0.3, -0.25) is 0 Å². The van der Waals surface area contributed by atoms with Crippen molar-refractivity contribution in [1.29, 1.82) is 0 Å². The highest BCUT2D eigenvalue weighted by molar-refractivity contribution is 5.23. The Morgan fingerprint density at radius 3 is 2.81 bits per heavy atom. The summed E-state index contributed by atoms with van der Waals surface area (Å²) in [6.07, 6.45) is 2.35. The van der Waals surface area contributed by atoms with Crippen LogP contribution in [0, 0.1) is 6.92 Å². The van der Waals surface area contributed by atoms with Gasteiger partial charge in [-0.15, -0.1) is 0 Å². The van der Waals surface area contributed by atoms with E-state index in [1.54, 1.807) is 0 Å². The minimum atomic E-state index is 0.566. The van der Waals surface area contributed by atoms with Crippen LogP contribution in [0.5, 0.6) is 0 Å². The maximum Gasteiger partial charge on any atom is 0.0235 e. The van der Waals surface area contributed by atoms with Crippen LogP contribution in [0.25, 0.3) is 0 Å². The molecule has 1 N–H and O–H groups in total. The number of nitrogens with one attached hydrogen (secondary N) is 1. The molecule has 0 bridgehead atoms. The molecular formula is C18H31N3. The van der Waals surface area contributed by atoms with Gasteiger partial charge >= 0.3 is 0 Å². The third-order valence-corrected chi connectivity index (χ3v) is 4.59. The lowest BCUT2D eigenvalue weighted by atomic mass is 9.96. The Bertz CT molecular complexity index is 432. The minimum Gasteiger partial charge on any atom is -0.314 e. The van der Waals surface area contributed by atoms with Gasteiger partial charge in [-0.25, -0.2) is 0 Å². The predicted octanol–water partition coefficient (Wildman–Crippen LogP) is 2.15. The smallest absolute Gasteiger partial charge is 0.0235 e. The van der Waals surface area contributed by atoms with Crippen LogP contribution in [0.4, 0.5) is 0 Å². The molecule has 1 heterocycles. The highest BCUT2D eigenvalue weighted by Gasteiger charge is 2.25. The van der Waals surface area contributed by atoms with Crippen molar-refractivity contribution >= 4 is 0 Å². The van der Waals surface area contributed by atoms with E-state index in [4.69, 9.17) is 0 Å². The molecule has 1 aliphatic rings. The quantitative estimate of drug-likeness (QED) is 0.866. The van der Waals surface area contributed by atoms with Crippen molar-refractivity contribution in [1.82, 2.24) is 15.1 Å². The SMILES string of the molecule is CCNC(Cc1cccc(C)c1)CC1CN(C)CCN1C. The summed E-state index contributed by atoms with van der Waals surface area (Å²) in [6.45, 7) is 8.99.